The van der Waals surface area contributed by atoms with E-state index in [9.17, 15) is 9.59 Å². The fraction of sp³-hybridized carbons (Fsp3) is 0.346. The Balaban J connectivity index is 1.63. The van der Waals surface area contributed by atoms with Crippen molar-refractivity contribution < 1.29 is 9.59 Å². The van der Waals surface area contributed by atoms with Gasteiger partial charge in [0.1, 0.15) is 5.69 Å². The highest BCUT2D eigenvalue weighted by Crippen LogP contribution is 2.36. The van der Waals surface area contributed by atoms with Gasteiger partial charge in [-0.15, -0.1) is 0 Å². The van der Waals surface area contributed by atoms with Gasteiger partial charge in [0.05, 0.1) is 11.1 Å². The van der Waals surface area contributed by atoms with E-state index in [-0.39, 0.29) is 17.9 Å². The Labute approximate surface area is 193 Å². The quantitative estimate of drug-likeness (QED) is 0.512. The minimum absolute atomic E-state index is 0.0479. The third kappa shape index (κ3) is 3.45. The molecule has 0 unspecified atom stereocenters. The average molecular weight is 448 g/mol. The topological polar surface area (TPSA) is 53.5 Å². The van der Waals surface area contributed by atoms with Crippen molar-refractivity contribution in [2.75, 3.05) is 11.9 Å². The van der Waals surface area contributed by atoms with Gasteiger partial charge in [-0.25, -0.2) is 4.98 Å². The second kappa shape index (κ2) is 8.21. The fourth-order valence-electron chi connectivity index (χ4n) is 5.11. The van der Waals surface area contributed by atoms with E-state index in [0.717, 1.165) is 47.9 Å². The van der Waals surface area contributed by atoms with Crippen molar-refractivity contribution in [1.82, 2.24) is 9.88 Å². The van der Waals surface area contributed by atoms with Gasteiger partial charge in [0.25, 0.3) is 11.8 Å². The van der Waals surface area contributed by atoms with E-state index in [0.29, 0.717) is 28.3 Å². The number of para-hydroxylation sites is 1. The molecule has 1 saturated carbocycles. The van der Waals surface area contributed by atoms with Gasteiger partial charge in [-0.05, 0) is 43.5 Å². The van der Waals surface area contributed by atoms with Crippen molar-refractivity contribution in [2.45, 2.75) is 51.6 Å². The molecular weight excluding hydrogens is 422 g/mol. The van der Waals surface area contributed by atoms with E-state index in [2.05, 4.69) is 0 Å². The highest BCUT2D eigenvalue weighted by molar-refractivity contribution is 6.31. The average Bonchev–Trinajstić information content (AvgIpc) is 3.14. The molecule has 0 saturated heterocycles. The Morgan fingerprint density at radius 2 is 1.88 bits per heavy atom. The van der Waals surface area contributed by atoms with Crippen LogP contribution >= 0.6 is 11.6 Å². The number of amides is 2. The Bertz CT molecular complexity index is 1230. The number of rotatable bonds is 3. The molecule has 0 bridgehead atoms. The minimum atomic E-state index is -0.150. The molecule has 164 valence electrons. The van der Waals surface area contributed by atoms with E-state index in [1.54, 1.807) is 18.0 Å². The first-order valence-corrected chi connectivity index (χ1v) is 11.6. The third-order valence-corrected chi connectivity index (χ3v) is 7.09. The van der Waals surface area contributed by atoms with Crippen LogP contribution in [0.15, 0.2) is 42.5 Å². The number of carbonyl (C=O) groups is 2. The fourth-order valence-corrected chi connectivity index (χ4v) is 5.28. The molecular formula is C26H26ClN3O2. The number of halogens is 1. The van der Waals surface area contributed by atoms with Crippen molar-refractivity contribution in [1.29, 1.82) is 0 Å². The number of aromatic nitrogens is 1. The smallest absolute Gasteiger partial charge is 0.273 e. The summed E-state index contributed by atoms with van der Waals surface area (Å²) in [6.07, 6.45) is 5.54. The van der Waals surface area contributed by atoms with Crippen molar-refractivity contribution in [3.05, 3.63) is 69.9 Å². The molecule has 0 N–H and O–H groups in total. The molecule has 0 atom stereocenters. The van der Waals surface area contributed by atoms with Gasteiger partial charge in [0.15, 0.2) is 0 Å². The van der Waals surface area contributed by atoms with E-state index >= 15 is 0 Å². The van der Waals surface area contributed by atoms with Gasteiger partial charge in [-0.3, -0.25) is 9.59 Å². The molecule has 1 aliphatic carbocycles. The number of fused-ring (bicyclic) bond motifs is 2. The minimum Gasteiger partial charge on any atom is -0.330 e. The zero-order chi connectivity index (χ0) is 22.4. The van der Waals surface area contributed by atoms with Crippen LogP contribution in [0.2, 0.25) is 5.02 Å². The van der Waals surface area contributed by atoms with Crippen LogP contribution in [-0.4, -0.2) is 34.8 Å². The van der Waals surface area contributed by atoms with Gasteiger partial charge >= 0.3 is 0 Å². The molecule has 1 fully saturated rings. The predicted octanol–water partition coefficient (Wildman–Crippen LogP) is 5.76. The van der Waals surface area contributed by atoms with Crippen LogP contribution in [0, 0.1) is 6.92 Å². The van der Waals surface area contributed by atoms with E-state index < -0.39 is 0 Å². The standard InChI is InChI=1S/C26H26ClN3O2/c1-16-12-13-17(27)14-22(16)29(2)25(31)23-19-10-6-7-11-21(19)28-24-20(23)15-30(26(24)32)18-8-4-3-5-9-18/h6-7,10-14,18H,3-5,8-9,15H2,1-2H3. The highest BCUT2D eigenvalue weighted by atomic mass is 35.5. The summed E-state index contributed by atoms with van der Waals surface area (Å²) in [5.41, 5.74) is 4.12. The van der Waals surface area contributed by atoms with Gasteiger partial charge in [0, 0.05) is 41.3 Å². The maximum absolute atomic E-state index is 13.9. The van der Waals surface area contributed by atoms with Crippen LogP contribution in [0.4, 0.5) is 5.69 Å². The summed E-state index contributed by atoms with van der Waals surface area (Å²) in [4.78, 5) is 35.6. The number of nitrogens with zero attached hydrogens (tertiary/aromatic N) is 3. The number of pyridine rings is 1. The summed E-state index contributed by atoms with van der Waals surface area (Å²) in [7, 11) is 1.76. The molecule has 0 radical (unpaired) electrons. The highest BCUT2D eigenvalue weighted by Gasteiger charge is 2.38. The van der Waals surface area contributed by atoms with Crippen LogP contribution < -0.4 is 4.90 Å². The van der Waals surface area contributed by atoms with Crippen LogP contribution in [0.1, 0.15) is 64.1 Å². The first-order chi connectivity index (χ1) is 15.5. The largest absolute Gasteiger partial charge is 0.330 e. The molecule has 2 aliphatic rings. The summed E-state index contributed by atoms with van der Waals surface area (Å²) >= 11 is 6.23. The number of hydrogen-bond donors (Lipinski definition) is 0. The predicted molar refractivity (Wildman–Crippen MR) is 127 cm³/mol. The molecule has 5 rings (SSSR count). The molecule has 2 amide bonds. The lowest BCUT2D eigenvalue weighted by Crippen LogP contribution is -2.37. The maximum Gasteiger partial charge on any atom is 0.273 e. The van der Waals surface area contributed by atoms with Gasteiger partial charge in [0.2, 0.25) is 0 Å². The monoisotopic (exact) mass is 447 g/mol. The second-order valence-electron chi connectivity index (χ2n) is 8.85. The summed E-state index contributed by atoms with van der Waals surface area (Å²) in [6, 6.07) is 13.3. The lowest BCUT2D eigenvalue weighted by Gasteiger charge is -2.30. The summed E-state index contributed by atoms with van der Waals surface area (Å²) < 4.78 is 0. The Morgan fingerprint density at radius 3 is 2.66 bits per heavy atom. The molecule has 1 aliphatic heterocycles. The van der Waals surface area contributed by atoms with Crippen molar-refractivity contribution in [3.63, 3.8) is 0 Å². The molecule has 2 aromatic carbocycles. The van der Waals surface area contributed by atoms with Crippen molar-refractivity contribution in [3.8, 4) is 0 Å². The summed E-state index contributed by atoms with van der Waals surface area (Å²) in [5, 5.41) is 1.36. The van der Waals surface area contributed by atoms with Crippen molar-refractivity contribution >= 4 is 40.0 Å². The molecule has 32 heavy (non-hydrogen) atoms. The zero-order valence-electron chi connectivity index (χ0n) is 18.4. The zero-order valence-corrected chi connectivity index (χ0v) is 19.2. The van der Waals surface area contributed by atoms with Gasteiger partial charge in [-0.2, -0.15) is 0 Å². The molecule has 3 aromatic rings. The number of hydrogen-bond acceptors (Lipinski definition) is 3. The first-order valence-electron chi connectivity index (χ1n) is 11.2. The third-order valence-electron chi connectivity index (χ3n) is 6.85. The van der Waals surface area contributed by atoms with Crippen LogP contribution in [0.5, 0.6) is 0 Å². The van der Waals surface area contributed by atoms with Gasteiger partial charge in [-0.1, -0.05) is 55.1 Å². The van der Waals surface area contributed by atoms with Crippen LogP contribution in [-0.2, 0) is 6.54 Å². The number of aryl methyl sites for hydroxylation is 1. The van der Waals surface area contributed by atoms with E-state index in [4.69, 9.17) is 16.6 Å². The lowest BCUT2D eigenvalue weighted by molar-refractivity contribution is 0.0655. The van der Waals surface area contributed by atoms with E-state index in [1.165, 1.54) is 6.42 Å². The van der Waals surface area contributed by atoms with Crippen LogP contribution in [0.25, 0.3) is 10.9 Å². The van der Waals surface area contributed by atoms with Crippen molar-refractivity contribution in [2.24, 2.45) is 0 Å². The molecule has 5 nitrogen and oxygen atoms in total. The number of anilines is 1. The van der Waals surface area contributed by atoms with Gasteiger partial charge < -0.3 is 9.80 Å². The van der Waals surface area contributed by atoms with Crippen LogP contribution in [0.3, 0.4) is 0 Å². The normalized spacial score (nSPS) is 16.5. The first kappa shape index (κ1) is 21.0. The maximum atomic E-state index is 13.9. The Morgan fingerprint density at radius 1 is 1.12 bits per heavy atom. The molecule has 0 spiro atoms. The molecule has 2 heterocycles. The molecule has 1 aromatic heterocycles. The number of benzene rings is 2. The van der Waals surface area contributed by atoms with E-state index in [1.807, 2.05) is 48.2 Å². The SMILES string of the molecule is Cc1ccc(Cl)cc1N(C)C(=O)c1c2c(nc3ccccc13)C(=O)N(C1CCCCC1)C2. The summed E-state index contributed by atoms with van der Waals surface area (Å²) in [6.45, 7) is 2.40. The molecule has 6 heteroatoms. The Hall–Kier alpha value is -2.92. The number of carbonyl (C=O) groups excluding carboxylic acids is 2. The second-order valence-corrected chi connectivity index (χ2v) is 9.29. The lowest BCUT2D eigenvalue weighted by atomic mass is 9.94. The summed E-state index contributed by atoms with van der Waals surface area (Å²) in [5.74, 6) is -0.197. The Kier molecular flexibility index (Phi) is 5.38.